The highest BCUT2D eigenvalue weighted by Crippen LogP contribution is 2.20. The number of likely N-dealkylation sites (tertiary alicyclic amines) is 1. The Morgan fingerprint density at radius 2 is 2.07 bits per heavy atom. The highest BCUT2D eigenvalue weighted by molar-refractivity contribution is 7.90. The Morgan fingerprint density at radius 1 is 1.29 bits per heavy atom. The van der Waals surface area contributed by atoms with Gasteiger partial charge in [-0.3, -0.25) is 9.48 Å². The van der Waals surface area contributed by atoms with Crippen LogP contribution < -0.4 is 5.32 Å². The molecule has 9 heteroatoms. The number of amides is 1. The van der Waals surface area contributed by atoms with Gasteiger partial charge in [-0.1, -0.05) is 6.07 Å². The van der Waals surface area contributed by atoms with Crippen LogP contribution in [-0.4, -0.2) is 48.4 Å². The Balaban J connectivity index is 1.67. The van der Waals surface area contributed by atoms with Crippen LogP contribution in [0.3, 0.4) is 0 Å². The fraction of sp³-hybridized carbons (Fsp3) is 0.421. The largest absolute Gasteiger partial charge is 0.362 e. The van der Waals surface area contributed by atoms with E-state index in [9.17, 15) is 13.2 Å². The summed E-state index contributed by atoms with van der Waals surface area (Å²) in [5.74, 6) is 0.364. The van der Waals surface area contributed by atoms with Gasteiger partial charge in [-0.2, -0.15) is 13.5 Å². The van der Waals surface area contributed by atoms with Crippen molar-refractivity contribution in [3.8, 4) is 0 Å². The molecule has 1 aromatic carbocycles. The Bertz CT molecular complexity index is 1010. The van der Waals surface area contributed by atoms with E-state index in [4.69, 9.17) is 0 Å². The Labute approximate surface area is 165 Å². The second-order valence-electron chi connectivity index (χ2n) is 6.98. The number of carbonyl (C=O) groups excluding carboxylic acids is 1. The van der Waals surface area contributed by atoms with E-state index in [1.54, 1.807) is 16.8 Å². The number of nitrogens with zero attached hydrogens (tertiary/aromatic N) is 4. The van der Waals surface area contributed by atoms with Crippen molar-refractivity contribution in [1.29, 1.82) is 0 Å². The van der Waals surface area contributed by atoms with Crippen LogP contribution in [0.4, 0.5) is 5.69 Å². The van der Waals surface area contributed by atoms with E-state index in [-0.39, 0.29) is 17.2 Å². The van der Waals surface area contributed by atoms with Crippen molar-refractivity contribution in [2.45, 2.75) is 44.6 Å². The molecule has 0 aliphatic carbocycles. The van der Waals surface area contributed by atoms with Crippen molar-refractivity contribution in [2.75, 3.05) is 18.9 Å². The molecular formula is C19H25N5O3S. The van der Waals surface area contributed by atoms with Gasteiger partial charge in [-0.15, -0.1) is 4.40 Å². The van der Waals surface area contributed by atoms with Gasteiger partial charge in [-0.25, -0.2) is 0 Å². The van der Waals surface area contributed by atoms with Crippen LogP contribution in [0.1, 0.15) is 30.7 Å². The summed E-state index contributed by atoms with van der Waals surface area (Å²) in [4.78, 5) is 14.2. The maximum absolute atomic E-state index is 12.6. The molecule has 0 bridgehead atoms. The van der Waals surface area contributed by atoms with E-state index in [0.717, 1.165) is 24.4 Å². The molecule has 1 aliphatic heterocycles. The number of aryl methyl sites for hydroxylation is 3. The van der Waals surface area contributed by atoms with Crippen molar-refractivity contribution < 1.29 is 13.2 Å². The summed E-state index contributed by atoms with van der Waals surface area (Å²) in [6.07, 6.45) is 1.79. The third-order valence-electron chi connectivity index (χ3n) is 4.63. The third-order valence-corrected chi connectivity index (χ3v) is 5.93. The molecule has 3 rings (SSSR count). The molecule has 1 aromatic heterocycles. The van der Waals surface area contributed by atoms with Gasteiger partial charge in [0.1, 0.15) is 5.84 Å². The summed E-state index contributed by atoms with van der Waals surface area (Å²) >= 11 is 0. The van der Waals surface area contributed by atoms with Crippen molar-refractivity contribution in [1.82, 2.24) is 14.7 Å². The number of aromatic nitrogens is 2. The molecule has 1 saturated heterocycles. The Kier molecular flexibility index (Phi) is 5.83. The molecule has 1 aliphatic rings. The topological polar surface area (TPSA) is 96.7 Å². The second-order valence-corrected chi connectivity index (χ2v) is 8.59. The zero-order valence-electron chi connectivity index (χ0n) is 16.3. The summed E-state index contributed by atoms with van der Waals surface area (Å²) < 4.78 is 30.9. The van der Waals surface area contributed by atoms with E-state index in [2.05, 4.69) is 14.8 Å². The number of carbonyl (C=O) groups is 1. The monoisotopic (exact) mass is 403 g/mol. The molecule has 8 nitrogen and oxygen atoms in total. The molecule has 0 radical (unpaired) electrons. The first-order chi connectivity index (χ1) is 13.2. The molecule has 150 valence electrons. The molecule has 0 unspecified atom stereocenters. The van der Waals surface area contributed by atoms with Crippen LogP contribution in [0.15, 0.2) is 39.6 Å². The van der Waals surface area contributed by atoms with Gasteiger partial charge in [0.15, 0.2) is 0 Å². The van der Waals surface area contributed by atoms with Crippen molar-refractivity contribution >= 4 is 27.5 Å². The van der Waals surface area contributed by atoms with Gasteiger partial charge in [0, 0.05) is 44.4 Å². The highest BCUT2D eigenvalue weighted by Gasteiger charge is 2.20. The number of anilines is 1. The van der Waals surface area contributed by atoms with Crippen LogP contribution in [0, 0.1) is 13.8 Å². The predicted molar refractivity (Wildman–Crippen MR) is 108 cm³/mol. The van der Waals surface area contributed by atoms with Crippen molar-refractivity contribution in [2.24, 2.45) is 4.40 Å². The summed E-state index contributed by atoms with van der Waals surface area (Å²) in [5, 5.41) is 7.08. The van der Waals surface area contributed by atoms with Crippen LogP contribution in [0.2, 0.25) is 0 Å². The van der Waals surface area contributed by atoms with Crippen molar-refractivity contribution in [3.05, 3.63) is 41.7 Å². The minimum absolute atomic E-state index is 0.0663. The van der Waals surface area contributed by atoms with Crippen LogP contribution >= 0.6 is 0 Å². The van der Waals surface area contributed by atoms with Gasteiger partial charge >= 0.3 is 0 Å². The smallest absolute Gasteiger partial charge is 0.284 e. The van der Waals surface area contributed by atoms with E-state index in [0.29, 0.717) is 24.5 Å². The minimum Gasteiger partial charge on any atom is -0.362 e. The third kappa shape index (κ3) is 4.78. The quantitative estimate of drug-likeness (QED) is 0.799. The zero-order valence-corrected chi connectivity index (χ0v) is 17.2. The number of rotatable bonds is 6. The summed E-state index contributed by atoms with van der Waals surface area (Å²) in [6, 6.07) is 8.14. The van der Waals surface area contributed by atoms with Gasteiger partial charge in [0.2, 0.25) is 5.91 Å². The van der Waals surface area contributed by atoms with Crippen LogP contribution in [-0.2, 0) is 21.4 Å². The molecule has 2 aromatic rings. The average Bonchev–Trinajstić information content (AvgIpc) is 3.17. The van der Waals surface area contributed by atoms with Gasteiger partial charge in [-0.05, 0) is 44.5 Å². The molecule has 28 heavy (non-hydrogen) atoms. The maximum Gasteiger partial charge on any atom is 0.284 e. The van der Waals surface area contributed by atoms with E-state index in [1.807, 2.05) is 31.9 Å². The standard InChI is InChI=1S/C19H25N5O3S/c1-14-12-15(2)24(21-14)11-9-19(25)20-16-6-4-7-17(13-16)28(26,27)22-18-8-5-10-23(18)3/h4,6-7,12-13H,5,8-11H2,1-3H3,(H,20,25)/b22-18+. The predicted octanol–water partition coefficient (Wildman–Crippen LogP) is 2.34. The molecular weight excluding hydrogens is 378 g/mol. The summed E-state index contributed by atoms with van der Waals surface area (Å²) in [6.45, 7) is 5.11. The van der Waals surface area contributed by atoms with E-state index < -0.39 is 10.0 Å². The number of hydrogen-bond acceptors (Lipinski definition) is 4. The number of sulfonamides is 1. The van der Waals surface area contributed by atoms with Gasteiger partial charge in [0.25, 0.3) is 10.0 Å². The molecule has 1 amide bonds. The summed E-state index contributed by atoms with van der Waals surface area (Å²) in [7, 11) is -1.98. The molecule has 0 spiro atoms. The number of hydrogen-bond donors (Lipinski definition) is 1. The first-order valence-electron chi connectivity index (χ1n) is 9.20. The van der Waals surface area contributed by atoms with Crippen molar-refractivity contribution in [3.63, 3.8) is 0 Å². The number of benzene rings is 1. The lowest BCUT2D eigenvalue weighted by Gasteiger charge is -2.11. The van der Waals surface area contributed by atoms with Crippen LogP contribution in [0.25, 0.3) is 0 Å². The number of nitrogens with one attached hydrogen (secondary N) is 1. The average molecular weight is 404 g/mol. The van der Waals surface area contributed by atoms with Crippen LogP contribution in [0.5, 0.6) is 0 Å². The van der Waals surface area contributed by atoms with Gasteiger partial charge in [0.05, 0.1) is 10.6 Å². The Morgan fingerprint density at radius 3 is 2.71 bits per heavy atom. The highest BCUT2D eigenvalue weighted by atomic mass is 32.2. The molecule has 1 N–H and O–H groups in total. The number of amidine groups is 1. The molecule has 0 saturated carbocycles. The maximum atomic E-state index is 12.6. The lowest BCUT2D eigenvalue weighted by Crippen LogP contribution is -2.20. The fourth-order valence-corrected chi connectivity index (χ4v) is 4.31. The first kappa shape index (κ1) is 20.1. The first-order valence-corrected chi connectivity index (χ1v) is 10.6. The zero-order chi connectivity index (χ0) is 20.3. The fourth-order valence-electron chi connectivity index (χ4n) is 3.17. The minimum atomic E-state index is -3.81. The van der Waals surface area contributed by atoms with Gasteiger partial charge < -0.3 is 10.2 Å². The molecule has 1 fully saturated rings. The SMILES string of the molecule is Cc1cc(C)n(CCC(=O)Nc2cccc(S(=O)(=O)/N=C3\CCCN3C)c2)n1. The normalized spacial score (nSPS) is 16.0. The lowest BCUT2D eigenvalue weighted by atomic mass is 10.3. The summed E-state index contributed by atoms with van der Waals surface area (Å²) in [5.41, 5.74) is 2.33. The second kappa shape index (κ2) is 8.14. The molecule has 2 heterocycles. The van der Waals surface area contributed by atoms with E-state index in [1.165, 1.54) is 12.1 Å². The lowest BCUT2D eigenvalue weighted by molar-refractivity contribution is -0.116. The Hall–Kier alpha value is -2.68. The van der Waals surface area contributed by atoms with E-state index >= 15 is 0 Å². The molecule has 0 atom stereocenters.